The minimum Gasteiger partial charge on any atom is -0.458 e. The van der Waals surface area contributed by atoms with E-state index in [1.165, 1.54) is 0 Å². The predicted molar refractivity (Wildman–Crippen MR) is 120 cm³/mol. The molecule has 162 valence electrons. The Morgan fingerprint density at radius 2 is 1.97 bits per heavy atom. The van der Waals surface area contributed by atoms with Gasteiger partial charge < -0.3 is 14.0 Å². The summed E-state index contributed by atoms with van der Waals surface area (Å²) in [6.07, 6.45) is 1.79. The SMILES string of the molecule is CC.CCCCO[C@]1(C)C(=O)OCc2c1cc1n(c2=O)Cc2cc3ccccc3nc2-1. The quantitative estimate of drug-likeness (QED) is 0.358. The Labute approximate surface area is 181 Å². The molecule has 0 saturated heterocycles. The second-order valence-electron chi connectivity index (χ2n) is 7.81. The minimum atomic E-state index is -1.28. The van der Waals surface area contributed by atoms with E-state index in [2.05, 4.69) is 13.0 Å². The lowest BCUT2D eigenvalue weighted by molar-refractivity contribution is -0.177. The van der Waals surface area contributed by atoms with Gasteiger partial charge in [-0.2, -0.15) is 0 Å². The zero-order valence-corrected chi connectivity index (χ0v) is 18.5. The molecule has 2 aliphatic heterocycles. The van der Waals surface area contributed by atoms with E-state index in [1.807, 2.05) is 44.2 Å². The summed E-state index contributed by atoms with van der Waals surface area (Å²) in [6.45, 7) is 8.63. The number of benzene rings is 1. The van der Waals surface area contributed by atoms with Crippen LogP contribution >= 0.6 is 0 Å². The van der Waals surface area contributed by atoms with Gasteiger partial charge in [0.15, 0.2) is 5.60 Å². The van der Waals surface area contributed by atoms with Crippen molar-refractivity contribution in [3.63, 3.8) is 0 Å². The van der Waals surface area contributed by atoms with Crippen molar-refractivity contribution in [2.75, 3.05) is 6.61 Å². The van der Waals surface area contributed by atoms with Crippen LogP contribution in [0.25, 0.3) is 22.3 Å². The molecule has 3 aromatic rings. The number of hydrogen-bond donors (Lipinski definition) is 0. The van der Waals surface area contributed by atoms with Gasteiger partial charge >= 0.3 is 5.97 Å². The highest BCUT2D eigenvalue weighted by Gasteiger charge is 2.45. The Balaban J connectivity index is 0.00000112. The first-order chi connectivity index (χ1) is 15.0. The van der Waals surface area contributed by atoms with E-state index in [-0.39, 0.29) is 12.2 Å². The summed E-state index contributed by atoms with van der Waals surface area (Å²) < 4.78 is 13.0. The Hall–Kier alpha value is -2.99. The number of cyclic esters (lactones) is 1. The van der Waals surface area contributed by atoms with E-state index in [0.717, 1.165) is 40.7 Å². The summed E-state index contributed by atoms with van der Waals surface area (Å²) >= 11 is 0. The first-order valence-corrected chi connectivity index (χ1v) is 11.0. The van der Waals surface area contributed by atoms with Crippen LogP contribution in [-0.4, -0.2) is 22.1 Å². The molecule has 0 N–H and O–H groups in total. The number of fused-ring (bicyclic) bond motifs is 5. The van der Waals surface area contributed by atoms with Crippen molar-refractivity contribution in [2.45, 2.75) is 59.3 Å². The molecule has 0 unspecified atom stereocenters. The third-order valence-corrected chi connectivity index (χ3v) is 5.91. The highest BCUT2D eigenvalue weighted by Crippen LogP contribution is 2.38. The molecule has 1 atom stereocenters. The van der Waals surface area contributed by atoms with Crippen molar-refractivity contribution in [3.8, 4) is 11.4 Å². The van der Waals surface area contributed by atoms with Gasteiger partial charge in [0.25, 0.3) is 5.56 Å². The molecule has 0 radical (unpaired) electrons. The summed E-state index contributed by atoms with van der Waals surface area (Å²) in [6, 6.07) is 11.9. The standard InChI is InChI=1S/C23H22N2O4.C2H6/c1-3-4-9-29-23(2)17-11-19-20-15(10-14-7-5-6-8-18(14)24-20)12-25(19)21(26)16(17)13-28-22(23)27;1-2/h5-8,10-11H,3-4,9,12-13H2,1-2H3;1-2H3/t23-;/m0./s1. The highest BCUT2D eigenvalue weighted by atomic mass is 16.6. The number of nitrogens with zero attached hydrogens (tertiary/aromatic N) is 2. The van der Waals surface area contributed by atoms with Gasteiger partial charge in [-0.3, -0.25) is 4.79 Å². The lowest BCUT2D eigenvalue weighted by Crippen LogP contribution is -2.44. The van der Waals surface area contributed by atoms with E-state index >= 15 is 0 Å². The molecule has 2 aliphatic rings. The van der Waals surface area contributed by atoms with Gasteiger partial charge in [0.2, 0.25) is 0 Å². The zero-order chi connectivity index (χ0) is 22.2. The lowest BCUT2D eigenvalue weighted by atomic mass is 9.89. The van der Waals surface area contributed by atoms with Gasteiger partial charge in [-0.25, -0.2) is 9.78 Å². The molecule has 0 bridgehead atoms. The van der Waals surface area contributed by atoms with Gasteiger partial charge in [-0.05, 0) is 31.5 Å². The van der Waals surface area contributed by atoms with E-state index in [9.17, 15) is 9.59 Å². The van der Waals surface area contributed by atoms with Gasteiger partial charge in [-0.15, -0.1) is 0 Å². The number of hydrogen-bond acceptors (Lipinski definition) is 5. The maximum atomic E-state index is 13.3. The van der Waals surface area contributed by atoms with Crippen molar-refractivity contribution in [1.29, 1.82) is 0 Å². The third-order valence-electron chi connectivity index (χ3n) is 5.91. The summed E-state index contributed by atoms with van der Waals surface area (Å²) in [5, 5.41) is 1.04. The number of esters is 1. The summed E-state index contributed by atoms with van der Waals surface area (Å²) in [5.74, 6) is -0.449. The van der Waals surface area contributed by atoms with Gasteiger partial charge in [0.1, 0.15) is 6.61 Å². The normalized spacial score (nSPS) is 18.5. The number of aromatic nitrogens is 2. The highest BCUT2D eigenvalue weighted by molar-refractivity contribution is 5.86. The predicted octanol–water partition coefficient (Wildman–Crippen LogP) is 4.54. The van der Waals surface area contributed by atoms with Crippen LogP contribution in [-0.2, 0) is 33.0 Å². The number of para-hydroxylation sites is 1. The molecule has 6 nitrogen and oxygen atoms in total. The first-order valence-electron chi connectivity index (χ1n) is 11.0. The van der Waals surface area contributed by atoms with Crippen molar-refractivity contribution in [2.24, 2.45) is 0 Å². The van der Waals surface area contributed by atoms with Crippen LogP contribution < -0.4 is 5.56 Å². The summed E-state index contributed by atoms with van der Waals surface area (Å²) in [5.41, 5.74) is 3.08. The van der Waals surface area contributed by atoms with Gasteiger partial charge in [0, 0.05) is 23.1 Å². The van der Waals surface area contributed by atoms with Gasteiger partial charge in [0.05, 0.1) is 29.0 Å². The lowest BCUT2D eigenvalue weighted by Gasteiger charge is -2.34. The van der Waals surface area contributed by atoms with Crippen LogP contribution in [0.2, 0.25) is 0 Å². The average molecular weight is 421 g/mol. The third kappa shape index (κ3) is 3.35. The Bertz CT molecular complexity index is 1210. The maximum Gasteiger partial charge on any atom is 0.343 e. The number of carbonyl (C=O) groups excluding carboxylic acids is 1. The number of pyridine rings is 2. The van der Waals surface area contributed by atoms with Crippen molar-refractivity contribution in [3.05, 3.63) is 63.4 Å². The fourth-order valence-corrected chi connectivity index (χ4v) is 4.22. The first kappa shape index (κ1) is 21.2. The van der Waals surface area contributed by atoms with E-state index in [0.29, 0.717) is 24.3 Å². The molecule has 1 aromatic carbocycles. The average Bonchev–Trinajstić information content (AvgIpc) is 3.15. The Morgan fingerprint density at radius 3 is 2.74 bits per heavy atom. The molecule has 6 heteroatoms. The van der Waals surface area contributed by atoms with Crippen LogP contribution in [0.15, 0.2) is 41.2 Å². The molecule has 0 spiro atoms. The zero-order valence-electron chi connectivity index (χ0n) is 18.5. The molecule has 31 heavy (non-hydrogen) atoms. The summed E-state index contributed by atoms with van der Waals surface area (Å²) in [4.78, 5) is 30.7. The number of ether oxygens (including phenoxy) is 2. The summed E-state index contributed by atoms with van der Waals surface area (Å²) in [7, 11) is 0. The minimum absolute atomic E-state index is 0.0221. The van der Waals surface area contributed by atoms with E-state index < -0.39 is 11.6 Å². The molecule has 0 aliphatic carbocycles. The second kappa shape index (κ2) is 8.27. The molecular formula is C25H28N2O4. The monoisotopic (exact) mass is 420 g/mol. The van der Waals surface area contributed by atoms with E-state index in [4.69, 9.17) is 14.5 Å². The van der Waals surface area contributed by atoms with Crippen LogP contribution in [0, 0.1) is 0 Å². The molecular weight excluding hydrogens is 392 g/mol. The van der Waals surface area contributed by atoms with Gasteiger partial charge in [-0.1, -0.05) is 45.4 Å². The van der Waals surface area contributed by atoms with Crippen LogP contribution in [0.3, 0.4) is 0 Å². The fraction of sp³-hybridized carbons (Fsp3) is 0.400. The molecule has 0 saturated carbocycles. The number of unbranched alkanes of at least 4 members (excludes halogenated alkanes) is 1. The van der Waals surface area contributed by atoms with Crippen molar-refractivity contribution < 1.29 is 14.3 Å². The second-order valence-corrected chi connectivity index (χ2v) is 7.81. The molecule has 4 heterocycles. The van der Waals surface area contributed by atoms with Crippen LogP contribution in [0.1, 0.15) is 57.2 Å². The largest absolute Gasteiger partial charge is 0.458 e. The fourth-order valence-electron chi connectivity index (χ4n) is 4.22. The van der Waals surface area contributed by atoms with Crippen LogP contribution in [0.5, 0.6) is 0 Å². The Morgan fingerprint density at radius 1 is 1.19 bits per heavy atom. The van der Waals surface area contributed by atoms with Crippen LogP contribution in [0.4, 0.5) is 0 Å². The smallest absolute Gasteiger partial charge is 0.343 e. The van der Waals surface area contributed by atoms with Crippen molar-refractivity contribution >= 4 is 16.9 Å². The Kier molecular flexibility index (Phi) is 5.67. The molecule has 0 fully saturated rings. The maximum absolute atomic E-state index is 13.3. The topological polar surface area (TPSA) is 70.4 Å². The van der Waals surface area contributed by atoms with Crippen molar-refractivity contribution in [1.82, 2.24) is 9.55 Å². The molecule has 2 aromatic heterocycles. The van der Waals surface area contributed by atoms with E-state index in [1.54, 1.807) is 11.5 Å². The number of carbonyl (C=O) groups is 1. The number of rotatable bonds is 4. The molecule has 0 amide bonds. The molecule has 5 rings (SSSR count).